The van der Waals surface area contributed by atoms with Crippen molar-refractivity contribution in [2.45, 2.75) is 27.7 Å². The number of hydrogen-bond acceptors (Lipinski definition) is 3. The van der Waals surface area contributed by atoms with Crippen molar-refractivity contribution in [2.75, 3.05) is 5.32 Å². The molecule has 0 bridgehead atoms. The molecule has 5 heteroatoms. The first-order valence-corrected chi connectivity index (χ1v) is 7.58. The van der Waals surface area contributed by atoms with Crippen molar-refractivity contribution in [3.63, 3.8) is 0 Å². The number of hydrogen-bond donors (Lipinski definition) is 1. The zero-order chi connectivity index (χ0) is 16.6. The topological polar surface area (TPSA) is 59.8 Å². The maximum atomic E-state index is 12.1. The molecular formula is C18H20N4O. The number of fused-ring (bicyclic) bond motifs is 1. The molecule has 0 aliphatic heterocycles. The summed E-state index contributed by atoms with van der Waals surface area (Å²) in [6, 6.07) is 11.8. The second-order valence-electron chi connectivity index (χ2n) is 6.63. The van der Waals surface area contributed by atoms with E-state index in [-0.39, 0.29) is 5.91 Å². The van der Waals surface area contributed by atoms with Crippen LogP contribution in [0.4, 0.5) is 5.69 Å². The lowest BCUT2D eigenvalue weighted by Crippen LogP contribution is -2.27. The minimum Gasteiger partial charge on any atom is -0.324 e. The van der Waals surface area contributed by atoms with Gasteiger partial charge in [0.05, 0.1) is 23.3 Å². The number of anilines is 1. The van der Waals surface area contributed by atoms with E-state index >= 15 is 0 Å². The molecule has 23 heavy (non-hydrogen) atoms. The van der Waals surface area contributed by atoms with Crippen molar-refractivity contribution in [2.24, 2.45) is 5.41 Å². The van der Waals surface area contributed by atoms with Crippen molar-refractivity contribution in [3.05, 3.63) is 48.3 Å². The summed E-state index contributed by atoms with van der Waals surface area (Å²) in [5.74, 6) is -0.0354. The molecule has 0 saturated carbocycles. The monoisotopic (exact) mass is 308 g/mol. The molecule has 118 valence electrons. The Kier molecular flexibility index (Phi) is 3.64. The molecule has 3 rings (SSSR count). The van der Waals surface area contributed by atoms with E-state index in [0.717, 1.165) is 22.4 Å². The first-order chi connectivity index (χ1) is 10.9. The molecule has 3 aromatic rings. The number of rotatable bonds is 2. The van der Waals surface area contributed by atoms with Crippen LogP contribution in [0.3, 0.4) is 0 Å². The van der Waals surface area contributed by atoms with Gasteiger partial charge >= 0.3 is 0 Å². The molecule has 0 unspecified atom stereocenters. The minimum absolute atomic E-state index is 0.0354. The van der Waals surface area contributed by atoms with Crippen LogP contribution < -0.4 is 5.32 Å². The summed E-state index contributed by atoms with van der Waals surface area (Å²) in [6.07, 6.45) is 1.67. The number of carbonyl (C=O) groups excluding carboxylic acids is 1. The van der Waals surface area contributed by atoms with Gasteiger partial charge in [-0.3, -0.25) is 4.79 Å². The Morgan fingerprint density at radius 2 is 1.87 bits per heavy atom. The van der Waals surface area contributed by atoms with Crippen molar-refractivity contribution in [1.82, 2.24) is 14.8 Å². The predicted molar refractivity (Wildman–Crippen MR) is 91.7 cm³/mol. The van der Waals surface area contributed by atoms with Gasteiger partial charge in [0, 0.05) is 10.8 Å². The van der Waals surface area contributed by atoms with E-state index in [1.165, 1.54) is 0 Å². The summed E-state index contributed by atoms with van der Waals surface area (Å²) in [4.78, 5) is 16.6. The van der Waals surface area contributed by atoms with Gasteiger partial charge in [-0.05, 0) is 25.1 Å². The van der Waals surface area contributed by atoms with Crippen molar-refractivity contribution in [1.29, 1.82) is 0 Å². The number of carbonyl (C=O) groups is 1. The van der Waals surface area contributed by atoms with Crippen LogP contribution >= 0.6 is 0 Å². The summed E-state index contributed by atoms with van der Waals surface area (Å²) in [6.45, 7) is 7.59. The number of benzene rings is 1. The number of pyridine rings is 1. The van der Waals surface area contributed by atoms with Crippen LogP contribution in [0.25, 0.3) is 16.7 Å². The van der Waals surface area contributed by atoms with Gasteiger partial charge in [0.25, 0.3) is 0 Å². The quantitative estimate of drug-likeness (QED) is 0.785. The summed E-state index contributed by atoms with van der Waals surface area (Å²) in [5, 5.41) is 8.41. The molecule has 2 aromatic heterocycles. The molecule has 5 nitrogen and oxygen atoms in total. The number of nitrogens with zero attached hydrogens (tertiary/aromatic N) is 3. The average molecular weight is 308 g/mol. The van der Waals surface area contributed by atoms with Crippen LogP contribution in [0.2, 0.25) is 0 Å². The van der Waals surface area contributed by atoms with Crippen molar-refractivity contribution >= 4 is 22.6 Å². The van der Waals surface area contributed by atoms with E-state index in [1.807, 2.05) is 68.8 Å². The fourth-order valence-corrected chi connectivity index (χ4v) is 2.28. The Labute approximate surface area is 135 Å². The average Bonchev–Trinajstić information content (AvgIpc) is 2.84. The molecule has 0 aliphatic rings. The minimum atomic E-state index is -0.446. The predicted octanol–water partition coefficient (Wildman–Crippen LogP) is 3.71. The fourth-order valence-electron chi connectivity index (χ4n) is 2.28. The Morgan fingerprint density at radius 1 is 1.17 bits per heavy atom. The Bertz CT molecular complexity index is 860. The smallest absolute Gasteiger partial charge is 0.229 e. The first-order valence-electron chi connectivity index (χ1n) is 7.58. The van der Waals surface area contributed by atoms with Crippen LogP contribution in [0.5, 0.6) is 0 Å². The molecule has 0 fully saturated rings. The molecule has 0 spiro atoms. The van der Waals surface area contributed by atoms with E-state index < -0.39 is 5.41 Å². The number of para-hydroxylation sites is 1. The molecule has 2 heterocycles. The standard InChI is InChI=1S/C18H20N4O/c1-12-15-10-13(20-17(23)18(2,3)4)11-19-16(15)22(21-12)14-8-6-5-7-9-14/h5-11H,1-4H3,(H,20,23). The third-order valence-electron chi connectivity index (χ3n) is 3.65. The van der Waals surface area contributed by atoms with Gasteiger partial charge in [0.1, 0.15) is 0 Å². The zero-order valence-corrected chi connectivity index (χ0v) is 13.8. The van der Waals surface area contributed by atoms with Gasteiger partial charge < -0.3 is 5.32 Å². The summed E-state index contributed by atoms with van der Waals surface area (Å²) in [7, 11) is 0. The van der Waals surface area contributed by atoms with E-state index in [0.29, 0.717) is 5.69 Å². The highest BCUT2D eigenvalue weighted by atomic mass is 16.2. The molecule has 0 saturated heterocycles. The number of nitrogens with one attached hydrogen (secondary N) is 1. The lowest BCUT2D eigenvalue weighted by molar-refractivity contribution is -0.123. The Hall–Kier alpha value is -2.69. The Morgan fingerprint density at radius 3 is 2.52 bits per heavy atom. The van der Waals surface area contributed by atoms with Crippen molar-refractivity contribution in [3.8, 4) is 5.69 Å². The molecule has 0 atom stereocenters. The van der Waals surface area contributed by atoms with Crippen LogP contribution in [0.15, 0.2) is 42.6 Å². The van der Waals surface area contributed by atoms with Gasteiger partial charge in [-0.25, -0.2) is 9.67 Å². The summed E-state index contributed by atoms with van der Waals surface area (Å²) >= 11 is 0. The fraction of sp³-hybridized carbons (Fsp3) is 0.278. The second kappa shape index (κ2) is 5.50. The van der Waals surface area contributed by atoms with Crippen molar-refractivity contribution < 1.29 is 4.79 Å². The van der Waals surface area contributed by atoms with E-state index in [4.69, 9.17) is 0 Å². The lowest BCUT2D eigenvalue weighted by atomic mass is 9.95. The maximum absolute atomic E-state index is 12.1. The van der Waals surface area contributed by atoms with E-state index in [2.05, 4.69) is 15.4 Å². The third kappa shape index (κ3) is 2.95. The molecule has 0 aliphatic carbocycles. The molecule has 1 amide bonds. The van der Waals surface area contributed by atoms with Gasteiger partial charge in [0.15, 0.2) is 5.65 Å². The highest BCUT2D eigenvalue weighted by Crippen LogP contribution is 2.24. The van der Waals surface area contributed by atoms with Crippen LogP contribution in [-0.4, -0.2) is 20.7 Å². The molecule has 1 N–H and O–H groups in total. The van der Waals surface area contributed by atoms with Crippen LogP contribution in [0, 0.1) is 12.3 Å². The molecule has 1 aromatic carbocycles. The van der Waals surface area contributed by atoms with Gasteiger partial charge in [-0.2, -0.15) is 5.10 Å². The Balaban J connectivity index is 2.02. The van der Waals surface area contributed by atoms with Crippen LogP contribution in [-0.2, 0) is 4.79 Å². The summed E-state index contributed by atoms with van der Waals surface area (Å²) in [5.41, 5.74) is 2.86. The van der Waals surface area contributed by atoms with Gasteiger partial charge in [-0.15, -0.1) is 0 Å². The van der Waals surface area contributed by atoms with Gasteiger partial charge in [0.2, 0.25) is 5.91 Å². The molecular weight excluding hydrogens is 288 g/mol. The largest absolute Gasteiger partial charge is 0.324 e. The normalized spacial score (nSPS) is 11.7. The third-order valence-corrected chi connectivity index (χ3v) is 3.65. The first kappa shape index (κ1) is 15.2. The highest BCUT2D eigenvalue weighted by Gasteiger charge is 2.21. The number of aromatic nitrogens is 3. The second-order valence-corrected chi connectivity index (χ2v) is 6.63. The van der Waals surface area contributed by atoms with Crippen LogP contribution in [0.1, 0.15) is 26.5 Å². The van der Waals surface area contributed by atoms with E-state index in [9.17, 15) is 4.79 Å². The number of aryl methyl sites for hydroxylation is 1. The number of amides is 1. The lowest BCUT2D eigenvalue weighted by Gasteiger charge is -2.17. The highest BCUT2D eigenvalue weighted by molar-refractivity contribution is 5.96. The summed E-state index contributed by atoms with van der Waals surface area (Å²) < 4.78 is 1.82. The SMILES string of the molecule is Cc1nn(-c2ccccc2)c2ncc(NC(=O)C(C)(C)C)cc12. The molecule has 0 radical (unpaired) electrons. The van der Waals surface area contributed by atoms with Gasteiger partial charge in [-0.1, -0.05) is 39.0 Å². The van der Waals surface area contributed by atoms with E-state index in [1.54, 1.807) is 6.20 Å². The zero-order valence-electron chi connectivity index (χ0n) is 13.8. The maximum Gasteiger partial charge on any atom is 0.229 e.